The quantitative estimate of drug-likeness (QED) is 0.681. The van der Waals surface area contributed by atoms with Crippen LogP contribution in [-0.4, -0.2) is 32.8 Å². The number of aliphatic hydroxyl groups excluding tert-OH is 1. The summed E-state index contributed by atoms with van der Waals surface area (Å²) in [5.41, 5.74) is 0. The SMILES string of the molecule is CCCCCOc1ccc(S(=O)(=O)NC[C@@H](C)O)c2ccccc12. The molecule has 132 valence electrons. The smallest absolute Gasteiger partial charge is 0.241 e. The highest BCUT2D eigenvalue weighted by molar-refractivity contribution is 7.89. The van der Waals surface area contributed by atoms with Crippen LogP contribution in [0.4, 0.5) is 0 Å². The molecule has 0 aliphatic rings. The van der Waals surface area contributed by atoms with Crippen molar-refractivity contribution in [2.24, 2.45) is 0 Å². The highest BCUT2D eigenvalue weighted by Crippen LogP contribution is 2.31. The number of unbranched alkanes of at least 4 members (excludes halogenated alkanes) is 2. The van der Waals surface area contributed by atoms with Gasteiger partial charge in [0.1, 0.15) is 5.75 Å². The van der Waals surface area contributed by atoms with E-state index in [0.717, 1.165) is 24.6 Å². The fourth-order valence-corrected chi connectivity index (χ4v) is 3.78. The zero-order chi connectivity index (χ0) is 17.6. The van der Waals surface area contributed by atoms with E-state index in [0.29, 0.717) is 17.7 Å². The second-order valence-electron chi connectivity index (χ2n) is 5.86. The van der Waals surface area contributed by atoms with Gasteiger partial charge in [0.25, 0.3) is 0 Å². The van der Waals surface area contributed by atoms with Crippen molar-refractivity contribution in [2.75, 3.05) is 13.2 Å². The van der Waals surface area contributed by atoms with Crippen molar-refractivity contribution in [3.8, 4) is 5.75 Å². The normalized spacial score (nSPS) is 13.1. The summed E-state index contributed by atoms with van der Waals surface area (Å²) in [6.07, 6.45) is 2.46. The molecule has 0 unspecified atom stereocenters. The van der Waals surface area contributed by atoms with E-state index < -0.39 is 16.1 Å². The van der Waals surface area contributed by atoms with E-state index in [9.17, 15) is 13.5 Å². The first-order valence-corrected chi connectivity index (χ1v) is 9.76. The van der Waals surface area contributed by atoms with Gasteiger partial charge < -0.3 is 9.84 Å². The number of benzene rings is 2. The Morgan fingerprint density at radius 3 is 2.50 bits per heavy atom. The molecule has 0 bridgehead atoms. The standard InChI is InChI=1S/C18H25NO4S/c1-3-4-7-12-23-17-10-11-18(16-9-6-5-8-15(16)17)24(21,22)19-13-14(2)20/h5-6,8-11,14,19-20H,3-4,7,12-13H2,1-2H3/t14-/m1/s1. The molecule has 2 rings (SSSR count). The van der Waals surface area contributed by atoms with Crippen molar-refractivity contribution in [1.29, 1.82) is 0 Å². The van der Waals surface area contributed by atoms with Gasteiger partial charge in [-0.3, -0.25) is 0 Å². The summed E-state index contributed by atoms with van der Waals surface area (Å²) in [6, 6.07) is 10.5. The Hall–Kier alpha value is -1.63. The van der Waals surface area contributed by atoms with Crippen LogP contribution in [0.5, 0.6) is 5.75 Å². The number of fused-ring (bicyclic) bond motifs is 1. The van der Waals surface area contributed by atoms with Crippen LogP contribution in [-0.2, 0) is 10.0 Å². The van der Waals surface area contributed by atoms with Gasteiger partial charge >= 0.3 is 0 Å². The molecule has 24 heavy (non-hydrogen) atoms. The van der Waals surface area contributed by atoms with E-state index in [-0.39, 0.29) is 11.4 Å². The van der Waals surface area contributed by atoms with Gasteiger partial charge in [-0.05, 0) is 25.5 Å². The third-order valence-corrected chi connectivity index (χ3v) is 5.19. The average molecular weight is 351 g/mol. The first kappa shape index (κ1) is 18.7. The number of ether oxygens (including phenoxy) is 1. The van der Waals surface area contributed by atoms with E-state index in [1.165, 1.54) is 6.92 Å². The second kappa shape index (κ2) is 8.46. The summed E-state index contributed by atoms with van der Waals surface area (Å²) in [5.74, 6) is 0.691. The van der Waals surface area contributed by atoms with Gasteiger partial charge in [0.05, 0.1) is 17.6 Å². The van der Waals surface area contributed by atoms with Crippen molar-refractivity contribution in [1.82, 2.24) is 4.72 Å². The van der Waals surface area contributed by atoms with Gasteiger partial charge in [0.2, 0.25) is 10.0 Å². The molecule has 0 heterocycles. The highest BCUT2D eigenvalue weighted by Gasteiger charge is 2.19. The van der Waals surface area contributed by atoms with Gasteiger partial charge in [-0.15, -0.1) is 0 Å². The summed E-state index contributed by atoms with van der Waals surface area (Å²) in [4.78, 5) is 0.194. The molecule has 0 saturated carbocycles. The predicted molar refractivity (Wildman–Crippen MR) is 95.8 cm³/mol. The second-order valence-corrected chi connectivity index (χ2v) is 7.60. The van der Waals surface area contributed by atoms with E-state index >= 15 is 0 Å². The Balaban J connectivity index is 2.33. The summed E-state index contributed by atoms with van der Waals surface area (Å²) in [5, 5.41) is 10.7. The zero-order valence-electron chi connectivity index (χ0n) is 14.2. The van der Waals surface area contributed by atoms with Crippen molar-refractivity contribution in [3.63, 3.8) is 0 Å². The number of nitrogens with one attached hydrogen (secondary N) is 1. The van der Waals surface area contributed by atoms with Crippen molar-refractivity contribution < 1.29 is 18.3 Å². The molecule has 5 nitrogen and oxygen atoms in total. The molecular formula is C18H25NO4S. The van der Waals surface area contributed by atoms with E-state index in [4.69, 9.17) is 4.74 Å². The molecule has 0 radical (unpaired) electrons. The van der Waals surface area contributed by atoms with Crippen LogP contribution in [0.25, 0.3) is 10.8 Å². The number of aliphatic hydroxyl groups is 1. The Morgan fingerprint density at radius 1 is 1.12 bits per heavy atom. The Kier molecular flexibility index (Phi) is 6.60. The molecule has 6 heteroatoms. The molecule has 0 spiro atoms. The summed E-state index contributed by atoms with van der Waals surface area (Å²) >= 11 is 0. The minimum atomic E-state index is -3.69. The maximum absolute atomic E-state index is 12.5. The maximum atomic E-state index is 12.5. The number of rotatable bonds is 9. The Labute approximate surface area is 143 Å². The molecular weight excluding hydrogens is 326 g/mol. The van der Waals surface area contributed by atoms with Crippen LogP contribution >= 0.6 is 0 Å². The molecule has 0 saturated heterocycles. The lowest BCUT2D eigenvalue weighted by Crippen LogP contribution is -2.30. The van der Waals surface area contributed by atoms with Crippen molar-refractivity contribution >= 4 is 20.8 Å². The van der Waals surface area contributed by atoms with Gasteiger partial charge in [-0.2, -0.15) is 0 Å². The zero-order valence-corrected chi connectivity index (χ0v) is 15.0. The van der Waals surface area contributed by atoms with Crippen LogP contribution < -0.4 is 9.46 Å². The average Bonchev–Trinajstić information content (AvgIpc) is 2.57. The van der Waals surface area contributed by atoms with E-state index in [1.807, 2.05) is 12.1 Å². The van der Waals surface area contributed by atoms with E-state index in [2.05, 4.69) is 11.6 Å². The summed E-state index contributed by atoms with van der Waals surface area (Å²) < 4.78 is 33.3. The van der Waals surface area contributed by atoms with Gasteiger partial charge in [-0.25, -0.2) is 13.1 Å². The monoisotopic (exact) mass is 351 g/mol. The minimum absolute atomic E-state index is 0.0219. The third-order valence-electron chi connectivity index (χ3n) is 3.71. The maximum Gasteiger partial charge on any atom is 0.241 e. The van der Waals surface area contributed by atoms with Gasteiger partial charge in [0, 0.05) is 17.3 Å². The summed E-state index contributed by atoms with van der Waals surface area (Å²) in [6.45, 7) is 4.26. The lowest BCUT2D eigenvalue weighted by molar-refractivity contribution is 0.198. The van der Waals surface area contributed by atoms with Crippen LogP contribution in [0.15, 0.2) is 41.3 Å². The third kappa shape index (κ3) is 4.69. The van der Waals surface area contributed by atoms with Gasteiger partial charge in [-0.1, -0.05) is 44.0 Å². The molecule has 0 aliphatic heterocycles. The molecule has 0 fully saturated rings. The Morgan fingerprint density at radius 2 is 1.83 bits per heavy atom. The van der Waals surface area contributed by atoms with Crippen LogP contribution in [0, 0.1) is 0 Å². The number of sulfonamides is 1. The molecule has 2 aromatic carbocycles. The lowest BCUT2D eigenvalue weighted by Gasteiger charge is -2.14. The lowest BCUT2D eigenvalue weighted by atomic mass is 10.1. The molecule has 2 aromatic rings. The minimum Gasteiger partial charge on any atom is -0.493 e. The number of hydrogen-bond acceptors (Lipinski definition) is 4. The summed E-state index contributed by atoms with van der Waals surface area (Å²) in [7, 11) is -3.69. The first-order chi connectivity index (χ1) is 11.5. The molecule has 0 aromatic heterocycles. The topological polar surface area (TPSA) is 75.6 Å². The largest absolute Gasteiger partial charge is 0.493 e. The first-order valence-electron chi connectivity index (χ1n) is 8.28. The van der Waals surface area contributed by atoms with Crippen molar-refractivity contribution in [3.05, 3.63) is 36.4 Å². The van der Waals surface area contributed by atoms with Crippen LogP contribution in [0.2, 0.25) is 0 Å². The molecule has 0 amide bonds. The van der Waals surface area contributed by atoms with Crippen LogP contribution in [0.1, 0.15) is 33.1 Å². The van der Waals surface area contributed by atoms with Gasteiger partial charge in [0.15, 0.2) is 0 Å². The molecule has 0 aliphatic carbocycles. The van der Waals surface area contributed by atoms with Crippen LogP contribution in [0.3, 0.4) is 0 Å². The number of hydrogen-bond donors (Lipinski definition) is 2. The predicted octanol–water partition coefficient (Wildman–Crippen LogP) is 3.07. The fraction of sp³-hybridized carbons (Fsp3) is 0.444. The molecule has 2 N–H and O–H groups in total. The molecule has 1 atom stereocenters. The van der Waals surface area contributed by atoms with Crippen molar-refractivity contribution in [2.45, 2.75) is 44.1 Å². The van der Waals surface area contributed by atoms with E-state index in [1.54, 1.807) is 24.3 Å². The fourth-order valence-electron chi connectivity index (χ4n) is 2.45. The highest BCUT2D eigenvalue weighted by atomic mass is 32.2. The Bertz CT molecular complexity index is 772.